The number of aryl methyl sites for hydroxylation is 1. The van der Waals surface area contributed by atoms with Crippen molar-refractivity contribution in [3.05, 3.63) is 29.0 Å². The number of benzene rings is 1. The predicted octanol–water partition coefficient (Wildman–Crippen LogP) is 4.56. The maximum Gasteiger partial charge on any atom is 0.287 e. The summed E-state index contributed by atoms with van der Waals surface area (Å²) in [5, 5.41) is 3.62. The summed E-state index contributed by atoms with van der Waals surface area (Å²) < 4.78 is 17.9. The molecule has 1 spiro atoms. The summed E-state index contributed by atoms with van der Waals surface area (Å²) in [5.74, 6) is 1.39. The first-order valence-corrected chi connectivity index (χ1v) is 11.1. The molecule has 1 aromatic carbocycles. The molecular formula is C24H29NO5. The van der Waals surface area contributed by atoms with Crippen LogP contribution in [0.25, 0.3) is 11.0 Å². The van der Waals surface area contributed by atoms with Gasteiger partial charge in [0.1, 0.15) is 16.9 Å². The Morgan fingerprint density at radius 1 is 1.23 bits per heavy atom. The van der Waals surface area contributed by atoms with E-state index in [-0.39, 0.29) is 29.2 Å². The smallest absolute Gasteiger partial charge is 0.287 e. The minimum atomic E-state index is -0.372. The van der Waals surface area contributed by atoms with E-state index in [1.165, 1.54) is 0 Å². The summed E-state index contributed by atoms with van der Waals surface area (Å²) in [4.78, 5) is 26.0. The van der Waals surface area contributed by atoms with Crippen molar-refractivity contribution in [3.63, 3.8) is 0 Å². The van der Waals surface area contributed by atoms with Gasteiger partial charge >= 0.3 is 0 Å². The van der Waals surface area contributed by atoms with Gasteiger partial charge in [0.2, 0.25) is 0 Å². The molecule has 2 aliphatic heterocycles. The van der Waals surface area contributed by atoms with Crippen LogP contribution in [0.2, 0.25) is 0 Å². The molecule has 30 heavy (non-hydrogen) atoms. The largest absolute Gasteiger partial charge is 0.486 e. The van der Waals surface area contributed by atoms with E-state index in [1.54, 1.807) is 0 Å². The van der Waals surface area contributed by atoms with Crippen molar-refractivity contribution in [1.29, 1.82) is 0 Å². The summed E-state index contributed by atoms with van der Waals surface area (Å²) in [6.45, 7) is 5.32. The number of rotatable bonds is 3. The second kappa shape index (κ2) is 7.41. The first-order chi connectivity index (χ1) is 14.5. The van der Waals surface area contributed by atoms with Crippen LogP contribution in [0.1, 0.15) is 78.3 Å². The minimum Gasteiger partial charge on any atom is -0.486 e. The Bertz CT molecular complexity index is 993. The molecule has 1 atom stereocenters. The molecule has 6 heteroatoms. The van der Waals surface area contributed by atoms with Crippen molar-refractivity contribution in [2.75, 3.05) is 13.2 Å². The van der Waals surface area contributed by atoms with Crippen LogP contribution in [-0.2, 0) is 4.74 Å². The van der Waals surface area contributed by atoms with Gasteiger partial charge in [-0.25, -0.2) is 0 Å². The third-order valence-electron chi connectivity index (χ3n) is 7.05. The summed E-state index contributed by atoms with van der Waals surface area (Å²) in [6.07, 6.45) is 6.46. The van der Waals surface area contributed by atoms with Crippen LogP contribution in [0, 0.1) is 12.8 Å². The van der Waals surface area contributed by atoms with Gasteiger partial charge in [-0.2, -0.15) is 0 Å². The second-order valence-corrected chi connectivity index (χ2v) is 9.28. The Hall–Kier alpha value is -2.34. The average Bonchev–Trinajstić information content (AvgIpc) is 3.37. The fraction of sp³-hybridized carbons (Fsp3) is 0.583. The molecule has 0 bridgehead atoms. The molecule has 0 unspecified atom stereocenters. The third kappa shape index (κ3) is 3.31. The number of nitrogens with one attached hydrogen (secondary N) is 1. The van der Waals surface area contributed by atoms with E-state index in [1.807, 2.05) is 19.1 Å². The van der Waals surface area contributed by atoms with Gasteiger partial charge in [0.15, 0.2) is 11.5 Å². The van der Waals surface area contributed by atoms with Crippen LogP contribution >= 0.6 is 0 Å². The van der Waals surface area contributed by atoms with Gasteiger partial charge in [0, 0.05) is 24.1 Å². The molecule has 6 nitrogen and oxygen atoms in total. The van der Waals surface area contributed by atoms with E-state index < -0.39 is 0 Å². The standard InChI is InChI=1S/C24H29NO5/c1-14-7-9-24(10-8-14)12-17(26)21-19(30-24)6-5-18-20(21)15(2)22(29-18)23(27)25-13-16-4-3-11-28-16/h5-6,14,16H,3-4,7-13H2,1-2H3,(H,25,27)/t14?,16-,24?/m0/s1. The molecule has 2 fully saturated rings. The van der Waals surface area contributed by atoms with Crippen LogP contribution in [0.5, 0.6) is 5.75 Å². The molecule has 0 radical (unpaired) electrons. The first kappa shape index (κ1) is 19.6. The molecule has 2 aromatic rings. The number of Topliss-reactive ketones (excluding diaryl/α,β-unsaturated/α-hetero) is 1. The Kier molecular flexibility index (Phi) is 4.85. The lowest BCUT2D eigenvalue weighted by molar-refractivity contribution is 0.00430. The van der Waals surface area contributed by atoms with Gasteiger partial charge in [-0.05, 0) is 63.5 Å². The van der Waals surface area contributed by atoms with Crippen LogP contribution < -0.4 is 10.1 Å². The zero-order valence-corrected chi connectivity index (χ0v) is 17.7. The Labute approximate surface area is 176 Å². The number of ketones is 1. The van der Waals surface area contributed by atoms with E-state index >= 15 is 0 Å². The number of amides is 1. The topological polar surface area (TPSA) is 77.8 Å². The van der Waals surface area contributed by atoms with Crippen LogP contribution in [-0.4, -0.2) is 36.5 Å². The monoisotopic (exact) mass is 411 g/mol. The maximum absolute atomic E-state index is 13.2. The van der Waals surface area contributed by atoms with Gasteiger partial charge in [0.25, 0.3) is 5.91 Å². The molecule has 160 valence electrons. The number of carbonyl (C=O) groups is 2. The van der Waals surface area contributed by atoms with Crippen molar-refractivity contribution in [2.45, 2.75) is 70.5 Å². The lowest BCUT2D eigenvalue weighted by atomic mass is 9.74. The van der Waals surface area contributed by atoms with Crippen molar-refractivity contribution < 1.29 is 23.5 Å². The Balaban J connectivity index is 1.44. The van der Waals surface area contributed by atoms with Crippen molar-refractivity contribution >= 4 is 22.7 Å². The molecule has 1 amide bonds. The normalized spacial score (nSPS) is 28.5. The van der Waals surface area contributed by atoms with Crippen LogP contribution in [0.15, 0.2) is 16.5 Å². The molecule has 1 saturated carbocycles. The van der Waals surface area contributed by atoms with Crippen molar-refractivity contribution in [2.24, 2.45) is 5.92 Å². The number of carbonyl (C=O) groups excluding carboxylic acids is 2. The fourth-order valence-electron chi connectivity index (χ4n) is 5.21. The first-order valence-electron chi connectivity index (χ1n) is 11.1. The van der Waals surface area contributed by atoms with Gasteiger partial charge in [0.05, 0.1) is 18.1 Å². The van der Waals surface area contributed by atoms with Crippen LogP contribution in [0.3, 0.4) is 0 Å². The van der Waals surface area contributed by atoms with Gasteiger partial charge in [-0.15, -0.1) is 0 Å². The van der Waals surface area contributed by atoms with E-state index in [9.17, 15) is 9.59 Å². The summed E-state index contributed by atoms with van der Waals surface area (Å²) in [6, 6.07) is 3.64. The van der Waals surface area contributed by atoms with Crippen molar-refractivity contribution in [3.8, 4) is 5.75 Å². The number of fused-ring (bicyclic) bond motifs is 3. The molecule has 1 N–H and O–H groups in total. The fourth-order valence-corrected chi connectivity index (χ4v) is 5.21. The van der Waals surface area contributed by atoms with Crippen LogP contribution in [0.4, 0.5) is 0 Å². The number of hydrogen-bond acceptors (Lipinski definition) is 5. The summed E-state index contributed by atoms with van der Waals surface area (Å²) in [7, 11) is 0. The molecule has 1 aliphatic carbocycles. The Morgan fingerprint density at radius 2 is 2.03 bits per heavy atom. The van der Waals surface area contributed by atoms with Gasteiger partial charge in [-0.1, -0.05) is 6.92 Å². The lowest BCUT2D eigenvalue weighted by Gasteiger charge is -2.42. The predicted molar refractivity (Wildman–Crippen MR) is 112 cm³/mol. The molecular weight excluding hydrogens is 382 g/mol. The summed E-state index contributed by atoms with van der Waals surface area (Å²) in [5.41, 5.74) is 1.44. The zero-order chi connectivity index (χ0) is 20.9. The molecule has 3 heterocycles. The number of hydrogen-bond donors (Lipinski definition) is 1. The number of furan rings is 1. The molecule has 1 saturated heterocycles. The summed E-state index contributed by atoms with van der Waals surface area (Å²) >= 11 is 0. The number of ether oxygens (including phenoxy) is 2. The van der Waals surface area contributed by atoms with E-state index in [0.717, 1.165) is 45.1 Å². The SMILES string of the molecule is Cc1c(C(=O)NC[C@@H]2CCCO2)oc2ccc3c(c12)C(=O)CC1(CCC(C)CC1)O3. The van der Waals surface area contributed by atoms with E-state index in [4.69, 9.17) is 13.9 Å². The molecule has 1 aromatic heterocycles. The quantitative estimate of drug-likeness (QED) is 0.801. The minimum absolute atomic E-state index is 0.0655. The van der Waals surface area contributed by atoms with Crippen molar-refractivity contribution in [1.82, 2.24) is 5.32 Å². The Morgan fingerprint density at radius 3 is 2.77 bits per heavy atom. The third-order valence-corrected chi connectivity index (χ3v) is 7.05. The second-order valence-electron chi connectivity index (χ2n) is 9.28. The highest BCUT2D eigenvalue weighted by atomic mass is 16.5. The molecule has 3 aliphatic rings. The van der Waals surface area contributed by atoms with E-state index in [0.29, 0.717) is 46.7 Å². The highest BCUT2D eigenvalue weighted by molar-refractivity contribution is 6.13. The molecule has 5 rings (SSSR count). The van der Waals surface area contributed by atoms with E-state index in [2.05, 4.69) is 12.2 Å². The maximum atomic E-state index is 13.2. The highest BCUT2D eigenvalue weighted by Gasteiger charge is 2.43. The zero-order valence-electron chi connectivity index (χ0n) is 17.7. The lowest BCUT2D eigenvalue weighted by Crippen LogP contribution is -2.44. The highest BCUT2D eigenvalue weighted by Crippen LogP contribution is 2.46. The average molecular weight is 411 g/mol. The van der Waals surface area contributed by atoms with Gasteiger partial charge < -0.3 is 19.2 Å². The van der Waals surface area contributed by atoms with Gasteiger partial charge in [-0.3, -0.25) is 9.59 Å².